The summed E-state index contributed by atoms with van der Waals surface area (Å²) in [5.74, 6) is 1.56. The maximum Gasteiger partial charge on any atom is 0.414 e. The molecule has 7 heteroatoms. The molecular weight excluding hydrogens is 332 g/mol. The summed E-state index contributed by atoms with van der Waals surface area (Å²) < 4.78 is 5.46. The normalized spacial score (nSPS) is 24.5. The molecule has 1 aromatic carbocycles. The van der Waals surface area contributed by atoms with Gasteiger partial charge in [-0.1, -0.05) is 30.3 Å². The van der Waals surface area contributed by atoms with Crippen LogP contribution in [0.3, 0.4) is 0 Å². The topological polar surface area (TPSA) is 82.7 Å². The van der Waals surface area contributed by atoms with Gasteiger partial charge in [0.15, 0.2) is 0 Å². The van der Waals surface area contributed by atoms with Crippen molar-refractivity contribution < 1.29 is 14.4 Å². The van der Waals surface area contributed by atoms with E-state index in [0.717, 1.165) is 38.9 Å². The standard InChI is InChI=1S/C19H24N4O3/c24-19(25)23(10-4-7-14-5-2-1-3-6-14)18-20-17(26-21-18)16-13-22-11-8-15(16)9-12-22/h1-3,5-6,15-16H,4,7-13H2,(H,24,25). The van der Waals surface area contributed by atoms with Crippen LogP contribution in [0.2, 0.25) is 0 Å². The molecule has 7 nitrogen and oxygen atoms in total. The summed E-state index contributed by atoms with van der Waals surface area (Å²) in [7, 11) is 0. The number of benzene rings is 1. The minimum absolute atomic E-state index is 0.164. The van der Waals surface area contributed by atoms with Crippen LogP contribution in [0, 0.1) is 5.92 Å². The van der Waals surface area contributed by atoms with Crippen molar-refractivity contribution in [2.75, 3.05) is 31.1 Å². The number of fused-ring (bicyclic) bond motifs is 3. The lowest BCUT2D eigenvalue weighted by atomic mass is 9.79. The van der Waals surface area contributed by atoms with Crippen LogP contribution in [0.1, 0.15) is 36.6 Å². The fourth-order valence-corrected chi connectivity index (χ4v) is 4.10. The Bertz CT molecular complexity index is 740. The van der Waals surface area contributed by atoms with Gasteiger partial charge in [-0.25, -0.2) is 9.69 Å². The minimum atomic E-state index is -1.04. The SMILES string of the molecule is O=C(O)N(CCCc1ccccc1)c1noc(C2CN3CCC2CC3)n1. The number of rotatable bonds is 6. The van der Waals surface area contributed by atoms with E-state index in [0.29, 0.717) is 24.8 Å². The highest BCUT2D eigenvalue weighted by Crippen LogP contribution is 2.38. The van der Waals surface area contributed by atoms with E-state index in [-0.39, 0.29) is 11.9 Å². The van der Waals surface area contributed by atoms with Crippen LogP contribution in [-0.2, 0) is 6.42 Å². The highest BCUT2D eigenvalue weighted by Gasteiger charge is 2.38. The summed E-state index contributed by atoms with van der Waals surface area (Å²) in [6, 6.07) is 10.0. The number of hydrogen-bond donors (Lipinski definition) is 1. The zero-order valence-electron chi connectivity index (χ0n) is 14.8. The molecule has 5 rings (SSSR count). The molecule has 1 N–H and O–H groups in total. The van der Waals surface area contributed by atoms with Gasteiger partial charge in [0.2, 0.25) is 5.89 Å². The Morgan fingerprint density at radius 2 is 2.04 bits per heavy atom. The van der Waals surface area contributed by atoms with Crippen LogP contribution in [-0.4, -0.2) is 52.4 Å². The summed E-state index contributed by atoms with van der Waals surface area (Å²) in [6.45, 7) is 3.57. The molecule has 0 aliphatic carbocycles. The Morgan fingerprint density at radius 1 is 1.27 bits per heavy atom. The van der Waals surface area contributed by atoms with Crippen molar-refractivity contribution >= 4 is 12.0 Å². The van der Waals surface area contributed by atoms with Crippen molar-refractivity contribution in [1.29, 1.82) is 0 Å². The maximum atomic E-state index is 11.7. The van der Waals surface area contributed by atoms with Crippen LogP contribution in [0.15, 0.2) is 34.9 Å². The Kier molecular flexibility index (Phi) is 4.88. The van der Waals surface area contributed by atoms with E-state index in [9.17, 15) is 9.90 Å². The number of carbonyl (C=O) groups is 1. The third-order valence-electron chi connectivity index (χ3n) is 5.57. The molecule has 0 radical (unpaired) electrons. The molecule has 0 saturated carbocycles. The van der Waals surface area contributed by atoms with Crippen molar-refractivity contribution in [3.05, 3.63) is 41.8 Å². The second-order valence-corrected chi connectivity index (χ2v) is 7.20. The summed E-state index contributed by atoms with van der Waals surface area (Å²) >= 11 is 0. The Labute approximate surface area is 152 Å². The van der Waals surface area contributed by atoms with Gasteiger partial charge in [-0.15, -0.1) is 0 Å². The summed E-state index contributed by atoms with van der Waals surface area (Å²) in [5.41, 5.74) is 1.19. The van der Waals surface area contributed by atoms with Gasteiger partial charge in [0, 0.05) is 13.1 Å². The van der Waals surface area contributed by atoms with Gasteiger partial charge in [0.05, 0.1) is 5.92 Å². The van der Waals surface area contributed by atoms with Crippen LogP contribution in [0.4, 0.5) is 10.7 Å². The van der Waals surface area contributed by atoms with Crippen molar-refractivity contribution in [1.82, 2.24) is 15.0 Å². The first-order valence-corrected chi connectivity index (χ1v) is 9.31. The monoisotopic (exact) mass is 356 g/mol. The molecule has 4 heterocycles. The highest BCUT2D eigenvalue weighted by atomic mass is 16.5. The fourth-order valence-electron chi connectivity index (χ4n) is 4.10. The molecule has 3 aliphatic heterocycles. The van der Waals surface area contributed by atoms with Crippen LogP contribution in [0.5, 0.6) is 0 Å². The first-order valence-electron chi connectivity index (χ1n) is 9.31. The molecule has 2 bridgehead atoms. The van der Waals surface area contributed by atoms with Gasteiger partial charge in [-0.05, 0) is 55.4 Å². The lowest BCUT2D eigenvalue weighted by Gasteiger charge is -2.43. The minimum Gasteiger partial charge on any atom is -0.465 e. The maximum absolute atomic E-state index is 11.7. The zero-order chi connectivity index (χ0) is 17.9. The third-order valence-corrected chi connectivity index (χ3v) is 5.57. The second-order valence-electron chi connectivity index (χ2n) is 7.20. The van der Waals surface area contributed by atoms with E-state index in [1.54, 1.807) is 0 Å². The fraction of sp³-hybridized carbons (Fsp3) is 0.526. The van der Waals surface area contributed by atoms with E-state index in [4.69, 9.17) is 4.52 Å². The van der Waals surface area contributed by atoms with Crippen molar-refractivity contribution in [2.24, 2.45) is 5.92 Å². The van der Waals surface area contributed by atoms with E-state index in [2.05, 4.69) is 15.0 Å². The predicted octanol–water partition coefficient (Wildman–Crippen LogP) is 3.00. The quantitative estimate of drug-likeness (QED) is 0.857. The average molecular weight is 356 g/mol. The number of anilines is 1. The zero-order valence-corrected chi connectivity index (χ0v) is 14.8. The number of hydrogen-bond acceptors (Lipinski definition) is 5. The van der Waals surface area contributed by atoms with E-state index < -0.39 is 6.09 Å². The molecule has 1 amide bonds. The van der Waals surface area contributed by atoms with Crippen LogP contribution < -0.4 is 4.90 Å². The number of aromatic nitrogens is 2. The number of aryl methyl sites for hydroxylation is 1. The molecule has 26 heavy (non-hydrogen) atoms. The molecule has 1 aromatic heterocycles. The van der Waals surface area contributed by atoms with Gasteiger partial charge in [0.25, 0.3) is 5.95 Å². The van der Waals surface area contributed by atoms with Crippen molar-refractivity contribution in [2.45, 2.75) is 31.6 Å². The van der Waals surface area contributed by atoms with Gasteiger partial charge < -0.3 is 14.5 Å². The van der Waals surface area contributed by atoms with Crippen molar-refractivity contribution in [3.63, 3.8) is 0 Å². The summed E-state index contributed by atoms with van der Waals surface area (Å²) in [4.78, 5) is 19.7. The van der Waals surface area contributed by atoms with Crippen molar-refractivity contribution in [3.8, 4) is 0 Å². The predicted molar refractivity (Wildman–Crippen MR) is 96.3 cm³/mol. The summed E-state index contributed by atoms with van der Waals surface area (Å²) in [5, 5.41) is 13.5. The first kappa shape index (κ1) is 17.0. The molecule has 0 spiro atoms. The molecule has 3 saturated heterocycles. The molecule has 1 atom stereocenters. The molecule has 3 aliphatic rings. The van der Waals surface area contributed by atoms with E-state index in [1.807, 2.05) is 30.3 Å². The Morgan fingerprint density at radius 3 is 2.69 bits per heavy atom. The van der Waals surface area contributed by atoms with E-state index in [1.165, 1.54) is 10.5 Å². The van der Waals surface area contributed by atoms with Gasteiger partial charge in [0.1, 0.15) is 0 Å². The van der Waals surface area contributed by atoms with Gasteiger partial charge in [-0.2, -0.15) is 4.98 Å². The smallest absolute Gasteiger partial charge is 0.414 e. The number of carboxylic acid groups (broad SMARTS) is 1. The van der Waals surface area contributed by atoms with Crippen LogP contribution in [0.25, 0.3) is 0 Å². The molecular formula is C19H24N4O3. The number of nitrogens with zero attached hydrogens (tertiary/aromatic N) is 4. The molecule has 2 aromatic rings. The van der Waals surface area contributed by atoms with Gasteiger partial charge in [-0.3, -0.25) is 0 Å². The summed E-state index contributed by atoms with van der Waals surface area (Å²) in [6.07, 6.45) is 2.79. The molecule has 1 unspecified atom stereocenters. The lowest BCUT2D eigenvalue weighted by molar-refractivity contribution is 0.0727. The van der Waals surface area contributed by atoms with Gasteiger partial charge >= 0.3 is 6.09 Å². The number of amides is 1. The largest absolute Gasteiger partial charge is 0.465 e. The average Bonchev–Trinajstić information content (AvgIpc) is 3.16. The highest BCUT2D eigenvalue weighted by molar-refractivity contribution is 5.83. The Hall–Kier alpha value is -2.41. The Balaban J connectivity index is 1.41. The second kappa shape index (κ2) is 7.45. The van der Waals surface area contributed by atoms with Crippen LogP contribution >= 0.6 is 0 Å². The molecule has 138 valence electrons. The number of piperidine rings is 3. The van der Waals surface area contributed by atoms with E-state index >= 15 is 0 Å². The lowest BCUT2D eigenvalue weighted by Crippen LogP contribution is -2.46. The first-order chi connectivity index (χ1) is 12.7. The molecule has 3 fully saturated rings. The third kappa shape index (κ3) is 3.58.